The predicted octanol–water partition coefficient (Wildman–Crippen LogP) is 0.386. The molecule has 2 rings (SSSR count). The number of nitrogens with two attached hydrogens (primary N) is 2. The summed E-state index contributed by atoms with van der Waals surface area (Å²) in [6.45, 7) is 5.12. The van der Waals surface area contributed by atoms with Gasteiger partial charge in [-0.05, 0) is 20.0 Å². The number of aromatic nitrogens is 1. The molecule has 1 aliphatic rings. The molecule has 0 aliphatic carbocycles. The molecule has 88 valence electrons. The van der Waals surface area contributed by atoms with Gasteiger partial charge in [-0.2, -0.15) is 0 Å². The summed E-state index contributed by atoms with van der Waals surface area (Å²) in [5.41, 5.74) is 12.9. The van der Waals surface area contributed by atoms with Gasteiger partial charge in [0.25, 0.3) is 0 Å². The summed E-state index contributed by atoms with van der Waals surface area (Å²) in [6, 6.07) is 2.24. The number of rotatable bonds is 1. The minimum atomic E-state index is 0.511. The number of nitrogen functional groups attached to an aromatic ring is 2. The zero-order chi connectivity index (χ0) is 11.7. The number of nitrogens with zero attached hydrogens (tertiary/aromatic N) is 3. The SMILES string of the molecule is CC1CN(c2nccc(N)c2N)CCN1C. The average molecular weight is 221 g/mol. The fourth-order valence-electron chi connectivity index (χ4n) is 1.97. The maximum atomic E-state index is 5.95. The van der Waals surface area contributed by atoms with Gasteiger partial charge in [-0.25, -0.2) is 4.98 Å². The first-order valence-corrected chi connectivity index (χ1v) is 5.54. The Bertz CT molecular complexity index is 379. The van der Waals surface area contributed by atoms with Gasteiger partial charge in [0, 0.05) is 31.9 Å². The van der Waals surface area contributed by atoms with Crippen LogP contribution in [0.15, 0.2) is 12.3 Å². The molecule has 16 heavy (non-hydrogen) atoms. The summed E-state index contributed by atoms with van der Waals surface area (Å²) in [6.07, 6.45) is 1.71. The Hall–Kier alpha value is -1.49. The Balaban J connectivity index is 2.22. The maximum absolute atomic E-state index is 5.95. The number of hydrogen-bond donors (Lipinski definition) is 2. The van der Waals surface area contributed by atoms with Crippen LogP contribution in [-0.2, 0) is 0 Å². The quantitative estimate of drug-likeness (QED) is 0.717. The van der Waals surface area contributed by atoms with E-state index in [1.54, 1.807) is 12.3 Å². The van der Waals surface area contributed by atoms with Gasteiger partial charge in [0.1, 0.15) is 0 Å². The van der Waals surface area contributed by atoms with Crippen molar-refractivity contribution in [3.8, 4) is 0 Å². The van der Waals surface area contributed by atoms with Crippen molar-refractivity contribution in [2.45, 2.75) is 13.0 Å². The molecule has 0 aromatic carbocycles. The molecular formula is C11H19N5. The van der Waals surface area contributed by atoms with Gasteiger partial charge in [-0.3, -0.25) is 0 Å². The monoisotopic (exact) mass is 221 g/mol. The molecule has 1 fully saturated rings. The van der Waals surface area contributed by atoms with E-state index in [0.29, 0.717) is 17.4 Å². The number of likely N-dealkylation sites (N-methyl/N-ethyl adjacent to an activating group) is 1. The van der Waals surface area contributed by atoms with Gasteiger partial charge in [-0.15, -0.1) is 0 Å². The van der Waals surface area contributed by atoms with Crippen LogP contribution in [0.4, 0.5) is 17.2 Å². The molecule has 0 bridgehead atoms. The van der Waals surface area contributed by atoms with Crippen LogP contribution in [0.3, 0.4) is 0 Å². The molecule has 1 atom stereocenters. The Labute approximate surface area is 96.0 Å². The van der Waals surface area contributed by atoms with Crippen molar-refractivity contribution in [2.24, 2.45) is 0 Å². The van der Waals surface area contributed by atoms with Gasteiger partial charge >= 0.3 is 0 Å². The molecular weight excluding hydrogens is 202 g/mol. The van der Waals surface area contributed by atoms with Crippen LogP contribution in [0.2, 0.25) is 0 Å². The number of pyridine rings is 1. The number of anilines is 3. The van der Waals surface area contributed by atoms with Crippen LogP contribution in [0, 0.1) is 0 Å². The minimum absolute atomic E-state index is 0.511. The Morgan fingerprint density at radius 2 is 2.12 bits per heavy atom. The lowest BCUT2D eigenvalue weighted by Gasteiger charge is -2.38. The molecule has 5 heteroatoms. The lowest BCUT2D eigenvalue weighted by Crippen LogP contribution is -2.50. The van der Waals surface area contributed by atoms with Crippen molar-refractivity contribution in [2.75, 3.05) is 43.0 Å². The maximum Gasteiger partial charge on any atom is 0.154 e. The van der Waals surface area contributed by atoms with Crippen molar-refractivity contribution < 1.29 is 0 Å². The van der Waals surface area contributed by atoms with Crippen LogP contribution in [0.1, 0.15) is 6.92 Å². The predicted molar refractivity (Wildman–Crippen MR) is 67.4 cm³/mol. The average Bonchev–Trinajstić information content (AvgIpc) is 2.26. The minimum Gasteiger partial charge on any atom is -0.397 e. The van der Waals surface area contributed by atoms with Crippen LogP contribution >= 0.6 is 0 Å². The summed E-state index contributed by atoms with van der Waals surface area (Å²) in [5, 5.41) is 0. The van der Waals surface area contributed by atoms with Crippen LogP contribution in [0.5, 0.6) is 0 Å². The molecule has 1 saturated heterocycles. The smallest absolute Gasteiger partial charge is 0.154 e. The highest BCUT2D eigenvalue weighted by Gasteiger charge is 2.23. The van der Waals surface area contributed by atoms with E-state index in [0.717, 1.165) is 25.5 Å². The molecule has 1 aliphatic heterocycles. The molecule has 2 heterocycles. The van der Waals surface area contributed by atoms with E-state index in [2.05, 4.69) is 28.8 Å². The van der Waals surface area contributed by atoms with Gasteiger partial charge in [0.2, 0.25) is 0 Å². The van der Waals surface area contributed by atoms with Gasteiger partial charge in [0.15, 0.2) is 5.82 Å². The summed E-state index contributed by atoms with van der Waals surface area (Å²) in [7, 11) is 2.14. The summed E-state index contributed by atoms with van der Waals surface area (Å²) < 4.78 is 0. The van der Waals surface area contributed by atoms with Crippen molar-refractivity contribution in [3.05, 3.63) is 12.3 Å². The lowest BCUT2D eigenvalue weighted by molar-refractivity contribution is 0.233. The molecule has 5 nitrogen and oxygen atoms in total. The fraction of sp³-hybridized carbons (Fsp3) is 0.545. The highest BCUT2D eigenvalue weighted by Crippen LogP contribution is 2.27. The van der Waals surface area contributed by atoms with E-state index in [1.807, 2.05) is 0 Å². The van der Waals surface area contributed by atoms with E-state index in [-0.39, 0.29) is 0 Å². The zero-order valence-electron chi connectivity index (χ0n) is 9.85. The van der Waals surface area contributed by atoms with Gasteiger partial charge < -0.3 is 21.3 Å². The third-order valence-electron chi connectivity index (χ3n) is 3.26. The van der Waals surface area contributed by atoms with Gasteiger partial charge in [-0.1, -0.05) is 0 Å². The van der Waals surface area contributed by atoms with E-state index in [9.17, 15) is 0 Å². The Morgan fingerprint density at radius 3 is 2.81 bits per heavy atom. The first-order chi connectivity index (χ1) is 7.59. The van der Waals surface area contributed by atoms with E-state index in [4.69, 9.17) is 11.5 Å². The van der Waals surface area contributed by atoms with E-state index in [1.165, 1.54) is 0 Å². The lowest BCUT2D eigenvalue weighted by atomic mass is 10.2. The summed E-state index contributed by atoms with van der Waals surface area (Å²) >= 11 is 0. The molecule has 0 amide bonds. The normalized spacial score (nSPS) is 22.4. The Kier molecular flexibility index (Phi) is 2.87. The molecule has 1 unspecified atom stereocenters. The molecule has 4 N–H and O–H groups in total. The van der Waals surface area contributed by atoms with Gasteiger partial charge in [0.05, 0.1) is 11.4 Å². The van der Waals surface area contributed by atoms with Crippen LogP contribution < -0.4 is 16.4 Å². The van der Waals surface area contributed by atoms with Crippen LogP contribution in [-0.4, -0.2) is 42.6 Å². The van der Waals surface area contributed by atoms with E-state index < -0.39 is 0 Å². The second-order valence-electron chi connectivity index (χ2n) is 4.41. The van der Waals surface area contributed by atoms with Crippen molar-refractivity contribution >= 4 is 17.2 Å². The Morgan fingerprint density at radius 1 is 1.38 bits per heavy atom. The fourth-order valence-corrected chi connectivity index (χ4v) is 1.97. The number of hydrogen-bond acceptors (Lipinski definition) is 5. The summed E-state index contributed by atoms with van der Waals surface area (Å²) in [5.74, 6) is 0.819. The van der Waals surface area contributed by atoms with Crippen molar-refractivity contribution in [1.82, 2.24) is 9.88 Å². The first-order valence-electron chi connectivity index (χ1n) is 5.54. The molecule has 0 saturated carbocycles. The molecule has 0 radical (unpaired) electrons. The molecule has 1 aromatic heterocycles. The van der Waals surface area contributed by atoms with Crippen molar-refractivity contribution in [1.29, 1.82) is 0 Å². The first kappa shape index (κ1) is 11.0. The highest BCUT2D eigenvalue weighted by molar-refractivity contribution is 5.76. The third-order valence-corrected chi connectivity index (χ3v) is 3.26. The number of piperazine rings is 1. The van der Waals surface area contributed by atoms with E-state index >= 15 is 0 Å². The highest BCUT2D eigenvalue weighted by atomic mass is 15.3. The standard InChI is InChI=1S/C11H19N5/c1-8-7-16(6-5-15(8)2)11-10(13)9(12)3-4-14-11/h3-4,8H,5-7,13H2,1-2H3,(H2,12,14). The molecule has 0 spiro atoms. The topological polar surface area (TPSA) is 71.4 Å². The zero-order valence-corrected chi connectivity index (χ0v) is 9.85. The largest absolute Gasteiger partial charge is 0.397 e. The van der Waals surface area contributed by atoms with Crippen molar-refractivity contribution in [3.63, 3.8) is 0 Å². The molecule has 1 aromatic rings. The summed E-state index contributed by atoms with van der Waals surface area (Å²) in [4.78, 5) is 8.86. The third kappa shape index (κ3) is 1.90. The second kappa shape index (κ2) is 4.17. The van der Waals surface area contributed by atoms with Crippen LogP contribution in [0.25, 0.3) is 0 Å². The second-order valence-corrected chi connectivity index (χ2v) is 4.41.